The Labute approximate surface area is 136 Å². The van der Waals surface area contributed by atoms with Crippen molar-refractivity contribution in [3.8, 4) is 0 Å². The molecule has 1 aliphatic heterocycles. The smallest absolute Gasteiger partial charge is 0.321 e. The van der Waals surface area contributed by atoms with Gasteiger partial charge in [-0.05, 0) is 44.4 Å². The molecule has 22 heavy (non-hydrogen) atoms. The van der Waals surface area contributed by atoms with Crippen LogP contribution in [0.25, 0.3) is 0 Å². The van der Waals surface area contributed by atoms with Crippen LogP contribution in [0.5, 0.6) is 0 Å². The molecule has 2 N–H and O–H groups in total. The van der Waals surface area contributed by atoms with Gasteiger partial charge in [0, 0.05) is 25.8 Å². The third kappa shape index (κ3) is 4.05. The van der Waals surface area contributed by atoms with Crippen LogP contribution in [-0.2, 0) is 0 Å². The van der Waals surface area contributed by atoms with E-state index in [9.17, 15) is 4.79 Å². The fourth-order valence-electron chi connectivity index (χ4n) is 2.51. The maximum Gasteiger partial charge on any atom is 0.321 e. The molecule has 0 radical (unpaired) electrons. The minimum Gasteiger partial charge on any atom is -0.394 e. The summed E-state index contributed by atoms with van der Waals surface area (Å²) in [4.78, 5) is 15.8. The minimum atomic E-state index is -0.261. The molecule has 0 bridgehead atoms. The first kappa shape index (κ1) is 16.9. The molecular formula is C16H24ClN3O2. The van der Waals surface area contributed by atoms with Gasteiger partial charge in [-0.1, -0.05) is 11.6 Å². The van der Waals surface area contributed by atoms with Crippen LogP contribution in [0.15, 0.2) is 18.2 Å². The SMILES string of the molecule is CC(CO)N(C)C(=O)Nc1ccc(N2CCCCC2)c(Cl)c1. The Morgan fingerprint density at radius 3 is 2.68 bits per heavy atom. The van der Waals surface area contributed by atoms with E-state index < -0.39 is 0 Å². The second kappa shape index (κ2) is 7.70. The number of hydrogen-bond acceptors (Lipinski definition) is 3. The van der Waals surface area contributed by atoms with E-state index in [2.05, 4.69) is 10.2 Å². The lowest BCUT2D eigenvalue weighted by Gasteiger charge is -2.30. The summed E-state index contributed by atoms with van der Waals surface area (Å²) in [5, 5.41) is 12.5. The van der Waals surface area contributed by atoms with Gasteiger partial charge in [0.05, 0.1) is 23.4 Å². The zero-order valence-corrected chi connectivity index (χ0v) is 13.9. The van der Waals surface area contributed by atoms with Crippen LogP contribution in [0, 0.1) is 0 Å². The first-order valence-electron chi connectivity index (χ1n) is 7.72. The number of carbonyl (C=O) groups is 1. The van der Waals surface area contributed by atoms with Gasteiger partial charge < -0.3 is 20.2 Å². The molecule has 1 unspecified atom stereocenters. The van der Waals surface area contributed by atoms with E-state index in [1.807, 2.05) is 12.1 Å². The molecule has 1 aliphatic rings. The number of hydrogen-bond donors (Lipinski definition) is 2. The number of anilines is 2. The van der Waals surface area contributed by atoms with E-state index >= 15 is 0 Å². The summed E-state index contributed by atoms with van der Waals surface area (Å²) in [6, 6.07) is 5.11. The second-order valence-corrected chi connectivity index (χ2v) is 6.19. The van der Waals surface area contributed by atoms with Gasteiger partial charge in [0.25, 0.3) is 0 Å². The van der Waals surface area contributed by atoms with Gasteiger partial charge in [0.1, 0.15) is 0 Å². The van der Waals surface area contributed by atoms with Crippen molar-refractivity contribution >= 4 is 29.0 Å². The summed E-state index contributed by atoms with van der Waals surface area (Å²) in [6.07, 6.45) is 3.66. The molecule has 6 heteroatoms. The van der Waals surface area contributed by atoms with Gasteiger partial charge in [-0.15, -0.1) is 0 Å². The number of urea groups is 1. The Kier molecular flexibility index (Phi) is 5.91. The molecule has 5 nitrogen and oxygen atoms in total. The number of likely N-dealkylation sites (N-methyl/N-ethyl adjacent to an activating group) is 1. The Balaban J connectivity index is 2.04. The summed E-state index contributed by atoms with van der Waals surface area (Å²) in [5.41, 5.74) is 1.68. The largest absolute Gasteiger partial charge is 0.394 e. The molecule has 1 fully saturated rings. The number of nitrogens with one attached hydrogen (secondary N) is 1. The summed E-state index contributed by atoms with van der Waals surface area (Å²) in [7, 11) is 1.65. The van der Waals surface area contributed by atoms with Crippen molar-refractivity contribution in [1.29, 1.82) is 0 Å². The molecular weight excluding hydrogens is 302 g/mol. The number of carbonyl (C=O) groups excluding carboxylic acids is 1. The summed E-state index contributed by atoms with van der Waals surface area (Å²) in [5.74, 6) is 0. The monoisotopic (exact) mass is 325 g/mol. The normalized spacial score (nSPS) is 16.3. The zero-order valence-electron chi connectivity index (χ0n) is 13.2. The van der Waals surface area contributed by atoms with Crippen molar-refractivity contribution in [2.24, 2.45) is 0 Å². The average molecular weight is 326 g/mol. The van der Waals surface area contributed by atoms with Crippen LogP contribution >= 0.6 is 11.6 Å². The van der Waals surface area contributed by atoms with E-state index in [0.29, 0.717) is 10.7 Å². The fraction of sp³-hybridized carbons (Fsp3) is 0.562. The average Bonchev–Trinajstić information content (AvgIpc) is 2.54. The predicted octanol–water partition coefficient (Wildman–Crippen LogP) is 3.17. The number of amides is 2. The molecule has 1 saturated heterocycles. The number of aliphatic hydroxyl groups excluding tert-OH is 1. The van der Waals surface area contributed by atoms with Crippen molar-refractivity contribution in [2.75, 3.05) is 37.0 Å². The predicted molar refractivity (Wildman–Crippen MR) is 90.8 cm³/mol. The lowest BCUT2D eigenvalue weighted by Crippen LogP contribution is -2.40. The molecule has 1 heterocycles. The zero-order chi connectivity index (χ0) is 16.1. The molecule has 1 aromatic carbocycles. The Bertz CT molecular complexity index is 518. The number of benzene rings is 1. The topological polar surface area (TPSA) is 55.8 Å². The van der Waals surface area contributed by atoms with Crippen LogP contribution in [-0.4, -0.2) is 48.8 Å². The molecule has 2 amide bonds. The van der Waals surface area contributed by atoms with Crippen molar-refractivity contribution < 1.29 is 9.90 Å². The fourth-order valence-corrected chi connectivity index (χ4v) is 2.81. The first-order chi connectivity index (χ1) is 10.5. The van der Waals surface area contributed by atoms with Crippen molar-refractivity contribution in [2.45, 2.75) is 32.2 Å². The Hall–Kier alpha value is -1.46. The van der Waals surface area contributed by atoms with Crippen LogP contribution in [0.1, 0.15) is 26.2 Å². The molecule has 1 atom stereocenters. The first-order valence-corrected chi connectivity index (χ1v) is 8.10. The number of piperidine rings is 1. The van der Waals surface area contributed by atoms with E-state index in [4.69, 9.17) is 16.7 Å². The second-order valence-electron chi connectivity index (χ2n) is 5.79. The number of nitrogens with zero attached hydrogens (tertiary/aromatic N) is 2. The minimum absolute atomic E-state index is 0.0709. The number of aliphatic hydroxyl groups is 1. The lowest BCUT2D eigenvalue weighted by molar-refractivity contribution is 0.166. The van der Waals surface area contributed by atoms with Gasteiger partial charge in [-0.25, -0.2) is 4.79 Å². The molecule has 122 valence electrons. The summed E-state index contributed by atoms with van der Waals surface area (Å²) >= 11 is 6.37. The van der Waals surface area contributed by atoms with E-state index in [1.165, 1.54) is 24.2 Å². The highest BCUT2D eigenvalue weighted by molar-refractivity contribution is 6.33. The lowest BCUT2D eigenvalue weighted by atomic mass is 10.1. The van der Waals surface area contributed by atoms with Gasteiger partial charge in [-0.2, -0.15) is 0 Å². The molecule has 0 saturated carbocycles. The van der Waals surface area contributed by atoms with Crippen LogP contribution in [0.4, 0.5) is 16.2 Å². The highest BCUT2D eigenvalue weighted by atomic mass is 35.5. The standard InChI is InChI=1S/C16H24ClN3O2/c1-12(11-21)19(2)16(22)18-13-6-7-15(14(17)10-13)20-8-4-3-5-9-20/h6-7,10,12,21H,3-5,8-9,11H2,1-2H3,(H,18,22). The maximum atomic E-state index is 12.1. The van der Waals surface area contributed by atoms with Crippen LogP contribution in [0.2, 0.25) is 5.02 Å². The maximum absolute atomic E-state index is 12.1. The quantitative estimate of drug-likeness (QED) is 0.894. The van der Waals surface area contributed by atoms with Crippen molar-refractivity contribution in [1.82, 2.24) is 4.90 Å². The van der Waals surface area contributed by atoms with Gasteiger partial charge in [0.2, 0.25) is 0 Å². The van der Waals surface area contributed by atoms with Crippen molar-refractivity contribution in [3.63, 3.8) is 0 Å². The number of rotatable bonds is 4. The highest BCUT2D eigenvalue weighted by Gasteiger charge is 2.17. The molecule has 1 aromatic rings. The molecule has 2 rings (SSSR count). The van der Waals surface area contributed by atoms with Crippen LogP contribution < -0.4 is 10.2 Å². The van der Waals surface area contributed by atoms with Gasteiger partial charge in [-0.3, -0.25) is 0 Å². The van der Waals surface area contributed by atoms with E-state index in [1.54, 1.807) is 20.0 Å². The molecule has 0 aliphatic carbocycles. The van der Waals surface area contributed by atoms with Crippen LogP contribution in [0.3, 0.4) is 0 Å². The van der Waals surface area contributed by atoms with E-state index in [0.717, 1.165) is 18.8 Å². The highest BCUT2D eigenvalue weighted by Crippen LogP contribution is 2.30. The Morgan fingerprint density at radius 2 is 2.09 bits per heavy atom. The van der Waals surface area contributed by atoms with E-state index in [-0.39, 0.29) is 18.7 Å². The summed E-state index contributed by atoms with van der Waals surface area (Å²) in [6.45, 7) is 3.77. The van der Waals surface area contributed by atoms with Gasteiger partial charge in [0.15, 0.2) is 0 Å². The number of halogens is 1. The summed E-state index contributed by atoms with van der Waals surface area (Å²) < 4.78 is 0. The third-order valence-corrected chi connectivity index (χ3v) is 4.44. The van der Waals surface area contributed by atoms with Crippen molar-refractivity contribution in [3.05, 3.63) is 23.2 Å². The van der Waals surface area contributed by atoms with Gasteiger partial charge >= 0.3 is 6.03 Å². The molecule has 0 spiro atoms. The Morgan fingerprint density at radius 1 is 1.41 bits per heavy atom. The molecule has 0 aromatic heterocycles. The third-order valence-electron chi connectivity index (χ3n) is 4.14.